The lowest BCUT2D eigenvalue weighted by Gasteiger charge is -2.02. The van der Waals surface area contributed by atoms with E-state index in [0.717, 1.165) is 5.69 Å². The third kappa shape index (κ3) is 1.44. The number of nitrogens with two attached hydrogens (primary N) is 1. The Morgan fingerprint density at radius 1 is 0.812 bits per heavy atom. The molecule has 1 aromatic heterocycles. The van der Waals surface area contributed by atoms with Crippen molar-refractivity contribution < 1.29 is 0 Å². The van der Waals surface area contributed by atoms with Crippen LogP contribution in [0.5, 0.6) is 0 Å². The lowest BCUT2D eigenvalue weighted by Crippen LogP contribution is -1.83. The molecule has 78 valence electrons. The molecule has 3 rings (SSSR count). The highest BCUT2D eigenvalue weighted by Crippen LogP contribution is 2.24. The number of fused-ring (bicyclic) bond motifs is 1. The third-order valence-corrected chi connectivity index (χ3v) is 2.80. The number of aromatic amines is 1. The Bertz CT molecular complexity index is 621. The van der Waals surface area contributed by atoms with Gasteiger partial charge in [0, 0.05) is 17.4 Å². The number of H-pyrrole nitrogens is 1. The molecule has 2 aromatic carbocycles. The number of anilines is 1. The summed E-state index contributed by atoms with van der Waals surface area (Å²) in [5.41, 5.74) is 10.0. The summed E-state index contributed by atoms with van der Waals surface area (Å²) < 4.78 is 0. The number of hydrogen-bond donors (Lipinski definition) is 2. The number of nitrogen functional groups attached to an aromatic ring is 1. The van der Waals surface area contributed by atoms with Gasteiger partial charge in [-0.15, -0.1) is 0 Å². The molecule has 0 atom stereocenters. The topological polar surface area (TPSA) is 41.8 Å². The van der Waals surface area contributed by atoms with Crippen LogP contribution in [0.2, 0.25) is 0 Å². The van der Waals surface area contributed by atoms with Crippen molar-refractivity contribution >= 4 is 16.6 Å². The maximum absolute atomic E-state index is 5.67. The molecule has 3 aromatic rings. The summed E-state index contributed by atoms with van der Waals surface area (Å²) in [7, 11) is 0. The Labute approximate surface area is 93.7 Å². The molecule has 0 spiro atoms. The van der Waals surface area contributed by atoms with E-state index in [0.29, 0.717) is 0 Å². The fourth-order valence-corrected chi connectivity index (χ4v) is 1.91. The van der Waals surface area contributed by atoms with Crippen molar-refractivity contribution in [1.82, 2.24) is 4.98 Å². The van der Waals surface area contributed by atoms with Gasteiger partial charge in [0.25, 0.3) is 0 Å². The molecule has 0 aliphatic heterocycles. The highest BCUT2D eigenvalue weighted by molar-refractivity contribution is 5.85. The SMILES string of the molecule is Nc1ccc(-c2ccc3[nH]ccc3c2)cc1. The van der Waals surface area contributed by atoms with E-state index in [2.05, 4.69) is 29.2 Å². The lowest BCUT2D eigenvalue weighted by molar-refractivity contribution is 1.48. The highest BCUT2D eigenvalue weighted by Gasteiger charge is 1.99. The number of benzene rings is 2. The van der Waals surface area contributed by atoms with E-state index >= 15 is 0 Å². The maximum atomic E-state index is 5.67. The quantitative estimate of drug-likeness (QED) is 0.591. The summed E-state index contributed by atoms with van der Waals surface area (Å²) in [6, 6.07) is 16.4. The molecule has 1 heterocycles. The molecule has 16 heavy (non-hydrogen) atoms. The Kier molecular flexibility index (Phi) is 1.93. The number of hydrogen-bond acceptors (Lipinski definition) is 1. The molecule has 0 fully saturated rings. The van der Waals surface area contributed by atoms with Gasteiger partial charge in [-0.1, -0.05) is 18.2 Å². The van der Waals surface area contributed by atoms with E-state index in [-0.39, 0.29) is 0 Å². The molecule has 0 saturated carbocycles. The summed E-state index contributed by atoms with van der Waals surface area (Å²) in [5, 5.41) is 1.23. The van der Waals surface area contributed by atoms with E-state index in [1.807, 2.05) is 30.5 Å². The number of aromatic nitrogens is 1. The minimum Gasteiger partial charge on any atom is -0.399 e. The monoisotopic (exact) mass is 208 g/mol. The minimum atomic E-state index is 0.798. The van der Waals surface area contributed by atoms with Crippen LogP contribution < -0.4 is 5.73 Å². The van der Waals surface area contributed by atoms with Crippen LogP contribution in [-0.4, -0.2) is 4.98 Å². The lowest BCUT2D eigenvalue weighted by atomic mass is 10.0. The van der Waals surface area contributed by atoms with Gasteiger partial charge in [-0.25, -0.2) is 0 Å². The van der Waals surface area contributed by atoms with E-state index in [4.69, 9.17) is 5.73 Å². The normalized spacial score (nSPS) is 10.8. The van der Waals surface area contributed by atoms with Gasteiger partial charge in [0.15, 0.2) is 0 Å². The second-order valence-corrected chi connectivity index (χ2v) is 3.90. The van der Waals surface area contributed by atoms with Crippen LogP contribution in [0.1, 0.15) is 0 Å². The molecule has 0 amide bonds. The van der Waals surface area contributed by atoms with Crippen molar-refractivity contribution in [3.8, 4) is 11.1 Å². The van der Waals surface area contributed by atoms with Crippen molar-refractivity contribution in [2.24, 2.45) is 0 Å². The first-order valence-corrected chi connectivity index (χ1v) is 5.26. The molecule has 0 bridgehead atoms. The Hall–Kier alpha value is -2.22. The van der Waals surface area contributed by atoms with Gasteiger partial charge in [0.05, 0.1) is 0 Å². The molecule has 0 saturated heterocycles. The zero-order chi connectivity index (χ0) is 11.0. The van der Waals surface area contributed by atoms with Crippen molar-refractivity contribution in [3.05, 3.63) is 54.7 Å². The van der Waals surface area contributed by atoms with Crippen LogP contribution in [0.15, 0.2) is 54.7 Å². The van der Waals surface area contributed by atoms with Gasteiger partial charge in [-0.05, 0) is 46.8 Å². The van der Waals surface area contributed by atoms with Gasteiger partial charge >= 0.3 is 0 Å². The van der Waals surface area contributed by atoms with E-state index in [9.17, 15) is 0 Å². The van der Waals surface area contributed by atoms with Crippen LogP contribution in [0.3, 0.4) is 0 Å². The Morgan fingerprint density at radius 3 is 2.38 bits per heavy atom. The summed E-state index contributed by atoms with van der Waals surface area (Å²) in [4.78, 5) is 3.19. The molecule has 2 heteroatoms. The van der Waals surface area contributed by atoms with Gasteiger partial charge in [-0.2, -0.15) is 0 Å². The summed E-state index contributed by atoms with van der Waals surface area (Å²) in [6.45, 7) is 0. The first-order valence-electron chi connectivity index (χ1n) is 5.26. The zero-order valence-electron chi connectivity index (χ0n) is 8.77. The number of nitrogens with one attached hydrogen (secondary N) is 1. The summed E-state index contributed by atoms with van der Waals surface area (Å²) in [5.74, 6) is 0. The molecular formula is C14H12N2. The second-order valence-electron chi connectivity index (χ2n) is 3.90. The molecule has 0 aliphatic rings. The zero-order valence-corrected chi connectivity index (χ0v) is 8.77. The minimum absolute atomic E-state index is 0.798. The Morgan fingerprint density at radius 2 is 1.56 bits per heavy atom. The number of rotatable bonds is 1. The van der Waals surface area contributed by atoms with Gasteiger partial charge in [0.1, 0.15) is 0 Å². The van der Waals surface area contributed by atoms with E-state index in [1.54, 1.807) is 0 Å². The summed E-state index contributed by atoms with van der Waals surface area (Å²) in [6.07, 6.45) is 1.96. The summed E-state index contributed by atoms with van der Waals surface area (Å²) >= 11 is 0. The predicted molar refractivity (Wildman–Crippen MR) is 68.1 cm³/mol. The molecular weight excluding hydrogens is 196 g/mol. The van der Waals surface area contributed by atoms with E-state index < -0.39 is 0 Å². The van der Waals surface area contributed by atoms with Gasteiger partial charge < -0.3 is 10.7 Å². The van der Waals surface area contributed by atoms with Crippen LogP contribution in [0.25, 0.3) is 22.0 Å². The first kappa shape index (κ1) is 9.04. The van der Waals surface area contributed by atoms with Crippen LogP contribution in [0.4, 0.5) is 5.69 Å². The van der Waals surface area contributed by atoms with Crippen molar-refractivity contribution in [1.29, 1.82) is 0 Å². The standard InChI is InChI=1S/C14H12N2/c15-13-4-1-10(2-5-13)11-3-6-14-12(9-11)7-8-16-14/h1-9,16H,15H2. The molecule has 2 nitrogen and oxygen atoms in total. The molecule has 0 radical (unpaired) electrons. The van der Waals surface area contributed by atoms with Crippen molar-refractivity contribution in [3.63, 3.8) is 0 Å². The molecule has 0 unspecified atom stereocenters. The smallest absolute Gasteiger partial charge is 0.0454 e. The third-order valence-electron chi connectivity index (χ3n) is 2.80. The van der Waals surface area contributed by atoms with Crippen molar-refractivity contribution in [2.75, 3.05) is 5.73 Å². The largest absolute Gasteiger partial charge is 0.399 e. The van der Waals surface area contributed by atoms with Crippen LogP contribution in [-0.2, 0) is 0 Å². The van der Waals surface area contributed by atoms with Crippen molar-refractivity contribution in [2.45, 2.75) is 0 Å². The molecule has 0 aliphatic carbocycles. The van der Waals surface area contributed by atoms with E-state index in [1.165, 1.54) is 22.0 Å². The highest BCUT2D eigenvalue weighted by atomic mass is 14.7. The van der Waals surface area contributed by atoms with Gasteiger partial charge in [0.2, 0.25) is 0 Å². The fraction of sp³-hybridized carbons (Fsp3) is 0. The average molecular weight is 208 g/mol. The predicted octanol–water partition coefficient (Wildman–Crippen LogP) is 3.42. The second kappa shape index (κ2) is 3.42. The first-order chi connectivity index (χ1) is 7.83. The van der Waals surface area contributed by atoms with Crippen LogP contribution >= 0.6 is 0 Å². The molecule has 3 N–H and O–H groups in total. The van der Waals surface area contributed by atoms with Gasteiger partial charge in [-0.3, -0.25) is 0 Å². The fourth-order valence-electron chi connectivity index (χ4n) is 1.91. The maximum Gasteiger partial charge on any atom is 0.0454 e. The Balaban J connectivity index is 2.14. The average Bonchev–Trinajstić information content (AvgIpc) is 2.77. The van der Waals surface area contributed by atoms with Crippen LogP contribution in [0, 0.1) is 0 Å².